The molecule has 4 N–H and O–H groups in total. The summed E-state index contributed by atoms with van der Waals surface area (Å²) in [6.45, 7) is 0.909. The summed E-state index contributed by atoms with van der Waals surface area (Å²) in [5, 5.41) is 8.92. The quantitative estimate of drug-likeness (QED) is 0.322. The Labute approximate surface area is 59.7 Å². The van der Waals surface area contributed by atoms with E-state index in [1.54, 1.807) is 0 Å². The van der Waals surface area contributed by atoms with Crippen LogP contribution in [0.3, 0.4) is 0 Å². The third-order valence-corrected chi connectivity index (χ3v) is 1.26. The molecule has 56 valence electrons. The number of aliphatic hydroxyl groups excluding tert-OH is 1. The minimum absolute atomic E-state index is 0. The first kappa shape index (κ1) is 9.13. The maximum atomic E-state index is 8.92. The molecule has 0 aromatic heterocycles. The number of halogens is 1. The zero-order chi connectivity index (χ0) is 5.98. The molecule has 0 amide bonds. The SMILES string of the molecule is Cl.NNC1COCC1O. The standard InChI is InChI=1S/C4H10N2O2.ClH/c5-6-3-1-8-2-4(3)7;/h3-4,6-7H,1-2,5H2;1H. The van der Waals surface area contributed by atoms with Crippen molar-refractivity contribution in [3.05, 3.63) is 0 Å². The summed E-state index contributed by atoms with van der Waals surface area (Å²) in [6.07, 6.45) is -0.431. The maximum Gasteiger partial charge on any atom is 0.0962 e. The molecule has 1 saturated heterocycles. The molecule has 0 bridgehead atoms. The summed E-state index contributed by atoms with van der Waals surface area (Å²) in [4.78, 5) is 0. The van der Waals surface area contributed by atoms with Gasteiger partial charge in [-0.3, -0.25) is 11.3 Å². The van der Waals surface area contributed by atoms with Crippen LogP contribution in [0, 0.1) is 0 Å². The third kappa shape index (κ3) is 2.08. The van der Waals surface area contributed by atoms with E-state index in [-0.39, 0.29) is 18.4 Å². The Morgan fingerprint density at radius 3 is 2.44 bits per heavy atom. The molecule has 0 aromatic carbocycles. The highest BCUT2D eigenvalue weighted by Crippen LogP contribution is 2.02. The molecule has 0 aromatic rings. The number of aliphatic hydroxyl groups is 1. The molecule has 0 radical (unpaired) electrons. The number of hydrazine groups is 1. The Kier molecular flexibility index (Phi) is 4.09. The minimum atomic E-state index is -0.431. The Hall–Kier alpha value is 0.130. The molecular weight excluding hydrogens is 144 g/mol. The van der Waals surface area contributed by atoms with Gasteiger partial charge in [-0.05, 0) is 0 Å². The van der Waals surface area contributed by atoms with Gasteiger partial charge in [0.15, 0.2) is 0 Å². The average molecular weight is 155 g/mol. The van der Waals surface area contributed by atoms with Crippen molar-refractivity contribution in [1.29, 1.82) is 0 Å². The van der Waals surface area contributed by atoms with Gasteiger partial charge in [0.25, 0.3) is 0 Å². The van der Waals surface area contributed by atoms with Crippen LogP contribution < -0.4 is 11.3 Å². The van der Waals surface area contributed by atoms with Crippen molar-refractivity contribution in [2.24, 2.45) is 5.84 Å². The Bertz CT molecular complexity index is 83.0. The van der Waals surface area contributed by atoms with E-state index in [0.717, 1.165) is 0 Å². The van der Waals surface area contributed by atoms with E-state index in [1.807, 2.05) is 0 Å². The number of nitrogens with one attached hydrogen (secondary N) is 1. The first-order valence-corrected chi connectivity index (χ1v) is 2.56. The van der Waals surface area contributed by atoms with Crippen LogP contribution in [-0.2, 0) is 4.74 Å². The van der Waals surface area contributed by atoms with Crippen LogP contribution >= 0.6 is 12.4 Å². The Morgan fingerprint density at radius 2 is 2.22 bits per heavy atom. The second-order valence-electron chi connectivity index (χ2n) is 1.88. The van der Waals surface area contributed by atoms with Gasteiger partial charge in [-0.1, -0.05) is 0 Å². The Morgan fingerprint density at radius 1 is 1.56 bits per heavy atom. The van der Waals surface area contributed by atoms with Gasteiger partial charge >= 0.3 is 0 Å². The van der Waals surface area contributed by atoms with E-state index in [4.69, 9.17) is 15.7 Å². The number of hydrogen-bond donors (Lipinski definition) is 3. The number of hydrogen-bond acceptors (Lipinski definition) is 4. The molecule has 1 heterocycles. The molecule has 1 rings (SSSR count). The zero-order valence-electron chi connectivity index (χ0n) is 4.91. The summed E-state index contributed by atoms with van der Waals surface area (Å²) in [7, 11) is 0. The lowest BCUT2D eigenvalue weighted by Crippen LogP contribution is -2.42. The summed E-state index contributed by atoms with van der Waals surface area (Å²) in [5.41, 5.74) is 2.44. The predicted octanol–water partition coefficient (Wildman–Crippen LogP) is -1.37. The highest BCUT2D eigenvalue weighted by molar-refractivity contribution is 5.85. The van der Waals surface area contributed by atoms with Gasteiger partial charge in [0.2, 0.25) is 0 Å². The molecule has 2 unspecified atom stereocenters. The molecule has 1 fully saturated rings. The van der Waals surface area contributed by atoms with Gasteiger partial charge in [-0.2, -0.15) is 0 Å². The summed E-state index contributed by atoms with van der Waals surface area (Å²) in [5.74, 6) is 5.03. The van der Waals surface area contributed by atoms with Crippen LogP contribution in [0.1, 0.15) is 0 Å². The number of ether oxygens (including phenoxy) is 1. The van der Waals surface area contributed by atoms with Crippen LogP contribution in [0.5, 0.6) is 0 Å². The minimum Gasteiger partial charge on any atom is -0.389 e. The van der Waals surface area contributed by atoms with Crippen molar-refractivity contribution in [1.82, 2.24) is 5.43 Å². The maximum absolute atomic E-state index is 8.92. The molecule has 1 aliphatic rings. The van der Waals surface area contributed by atoms with Crippen molar-refractivity contribution in [2.75, 3.05) is 13.2 Å². The molecule has 4 nitrogen and oxygen atoms in total. The van der Waals surface area contributed by atoms with Crippen LogP contribution in [0.4, 0.5) is 0 Å². The lowest BCUT2D eigenvalue weighted by atomic mass is 10.2. The molecule has 2 atom stereocenters. The first-order chi connectivity index (χ1) is 3.84. The van der Waals surface area contributed by atoms with Crippen molar-refractivity contribution in [2.45, 2.75) is 12.1 Å². The monoisotopic (exact) mass is 154 g/mol. The zero-order valence-corrected chi connectivity index (χ0v) is 5.73. The molecule has 9 heavy (non-hydrogen) atoms. The van der Waals surface area contributed by atoms with Gasteiger partial charge in [-0.25, -0.2) is 0 Å². The third-order valence-electron chi connectivity index (χ3n) is 1.26. The fourth-order valence-electron chi connectivity index (χ4n) is 0.702. The highest BCUT2D eigenvalue weighted by atomic mass is 35.5. The average Bonchev–Trinajstić information content (AvgIpc) is 2.14. The molecular formula is C4H11ClN2O2. The molecule has 0 aliphatic carbocycles. The predicted molar refractivity (Wildman–Crippen MR) is 35.2 cm³/mol. The lowest BCUT2D eigenvalue weighted by Gasteiger charge is -2.08. The van der Waals surface area contributed by atoms with Crippen LogP contribution in [0.2, 0.25) is 0 Å². The molecule has 1 aliphatic heterocycles. The van der Waals surface area contributed by atoms with Gasteiger partial charge in [-0.15, -0.1) is 12.4 Å². The van der Waals surface area contributed by atoms with Crippen molar-refractivity contribution >= 4 is 12.4 Å². The fourth-order valence-corrected chi connectivity index (χ4v) is 0.702. The van der Waals surface area contributed by atoms with E-state index in [1.165, 1.54) is 0 Å². The van der Waals surface area contributed by atoms with Crippen molar-refractivity contribution in [3.8, 4) is 0 Å². The number of rotatable bonds is 1. The Balaban J connectivity index is 0.000000640. The van der Waals surface area contributed by atoms with E-state index in [2.05, 4.69) is 5.43 Å². The van der Waals surface area contributed by atoms with Gasteiger partial charge < -0.3 is 9.84 Å². The number of nitrogens with two attached hydrogens (primary N) is 1. The summed E-state index contributed by atoms with van der Waals surface area (Å²) >= 11 is 0. The van der Waals surface area contributed by atoms with E-state index in [0.29, 0.717) is 13.2 Å². The molecule has 0 spiro atoms. The topological polar surface area (TPSA) is 67.5 Å². The smallest absolute Gasteiger partial charge is 0.0962 e. The van der Waals surface area contributed by atoms with Crippen LogP contribution in [-0.4, -0.2) is 30.5 Å². The normalized spacial score (nSPS) is 34.0. The van der Waals surface area contributed by atoms with Gasteiger partial charge in [0.1, 0.15) is 0 Å². The van der Waals surface area contributed by atoms with Crippen molar-refractivity contribution < 1.29 is 9.84 Å². The summed E-state index contributed by atoms with van der Waals surface area (Å²) < 4.78 is 4.87. The second kappa shape index (κ2) is 4.03. The largest absolute Gasteiger partial charge is 0.389 e. The van der Waals surface area contributed by atoms with Gasteiger partial charge in [0, 0.05) is 0 Å². The first-order valence-electron chi connectivity index (χ1n) is 2.56. The second-order valence-corrected chi connectivity index (χ2v) is 1.88. The van der Waals surface area contributed by atoms with Gasteiger partial charge in [0.05, 0.1) is 25.4 Å². The van der Waals surface area contributed by atoms with Crippen LogP contribution in [0.25, 0.3) is 0 Å². The van der Waals surface area contributed by atoms with E-state index >= 15 is 0 Å². The summed E-state index contributed by atoms with van der Waals surface area (Å²) in [6, 6.07) is -0.0741. The van der Waals surface area contributed by atoms with E-state index < -0.39 is 6.10 Å². The lowest BCUT2D eigenvalue weighted by molar-refractivity contribution is 0.122. The van der Waals surface area contributed by atoms with Crippen molar-refractivity contribution in [3.63, 3.8) is 0 Å². The fraction of sp³-hybridized carbons (Fsp3) is 1.00. The van der Waals surface area contributed by atoms with E-state index in [9.17, 15) is 0 Å². The van der Waals surface area contributed by atoms with Crippen LogP contribution in [0.15, 0.2) is 0 Å². The highest BCUT2D eigenvalue weighted by Gasteiger charge is 2.24. The molecule has 5 heteroatoms. The molecule has 0 saturated carbocycles.